The maximum Gasteiger partial charge on any atom is 0.371 e. The van der Waals surface area contributed by atoms with E-state index in [1.165, 1.54) is 17.8 Å². The molecular formula is C10H14O5S. The lowest BCUT2D eigenvalue weighted by Crippen LogP contribution is -2.17. The van der Waals surface area contributed by atoms with Crippen molar-refractivity contribution in [3.8, 4) is 0 Å². The van der Waals surface area contributed by atoms with Gasteiger partial charge in [-0.25, -0.2) is 4.79 Å². The molecule has 1 aromatic heterocycles. The minimum Gasteiger partial charge on any atom is -0.475 e. The number of thioether (sulfide) groups is 1. The molecule has 2 N–H and O–H groups in total. The van der Waals surface area contributed by atoms with Gasteiger partial charge in [0, 0.05) is 12.4 Å². The fraction of sp³-hybridized carbons (Fsp3) is 0.500. The molecule has 0 spiro atoms. The van der Waals surface area contributed by atoms with Crippen molar-refractivity contribution in [3.63, 3.8) is 0 Å². The van der Waals surface area contributed by atoms with E-state index >= 15 is 0 Å². The van der Waals surface area contributed by atoms with E-state index in [0.29, 0.717) is 17.5 Å². The Morgan fingerprint density at radius 2 is 2.38 bits per heavy atom. The summed E-state index contributed by atoms with van der Waals surface area (Å²) in [4.78, 5) is 10.5. The first-order valence-corrected chi connectivity index (χ1v) is 5.83. The summed E-state index contributed by atoms with van der Waals surface area (Å²) < 4.78 is 10.1. The number of hydrogen-bond donors (Lipinski definition) is 2. The standard InChI is InChI=1S/C10H14O5S/c1-2-14-5-7(11)6-16-9-4-3-8(15-9)10(12)13/h3-4,7,11H,2,5-6H2,1H3,(H,12,13). The largest absolute Gasteiger partial charge is 0.475 e. The molecule has 0 bridgehead atoms. The molecule has 0 amide bonds. The van der Waals surface area contributed by atoms with E-state index in [2.05, 4.69) is 0 Å². The van der Waals surface area contributed by atoms with Crippen LogP contribution >= 0.6 is 11.8 Å². The van der Waals surface area contributed by atoms with E-state index in [4.69, 9.17) is 14.3 Å². The molecule has 1 heterocycles. The van der Waals surface area contributed by atoms with Gasteiger partial charge in [-0.2, -0.15) is 0 Å². The van der Waals surface area contributed by atoms with Crippen LogP contribution in [0.25, 0.3) is 0 Å². The summed E-state index contributed by atoms with van der Waals surface area (Å²) in [5.74, 6) is -0.782. The number of aromatic carboxylic acids is 1. The first kappa shape index (κ1) is 13.1. The highest BCUT2D eigenvalue weighted by Crippen LogP contribution is 2.21. The van der Waals surface area contributed by atoms with Gasteiger partial charge in [0.25, 0.3) is 0 Å². The Bertz CT molecular complexity index is 336. The van der Waals surface area contributed by atoms with Crippen molar-refractivity contribution in [3.05, 3.63) is 17.9 Å². The maximum atomic E-state index is 10.5. The Morgan fingerprint density at radius 1 is 1.62 bits per heavy atom. The molecule has 90 valence electrons. The zero-order valence-corrected chi connectivity index (χ0v) is 9.70. The number of aliphatic hydroxyl groups excluding tert-OH is 1. The quantitative estimate of drug-likeness (QED) is 0.709. The van der Waals surface area contributed by atoms with Crippen LogP contribution in [0.1, 0.15) is 17.5 Å². The minimum atomic E-state index is -1.10. The van der Waals surface area contributed by atoms with Gasteiger partial charge in [-0.05, 0) is 19.1 Å². The second kappa shape index (κ2) is 6.57. The predicted molar refractivity (Wildman–Crippen MR) is 58.9 cm³/mol. The fourth-order valence-electron chi connectivity index (χ4n) is 0.993. The molecule has 1 unspecified atom stereocenters. The normalized spacial score (nSPS) is 12.6. The number of aliphatic hydroxyl groups is 1. The third-order valence-electron chi connectivity index (χ3n) is 1.72. The Kier molecular flexibility index (Phi) is 5.37. The molecule has 0 aliphatic rings. The first-order valence-electron chi connectivity index (χ1n) is 4.85. The SMILES string of the molecule is CCOCC(O)CSc1ccc(C(=O)O)o1. The van der Waals surface area contributed by atoms with Crippen molar-refractivity contribution in [1.82, 2.24) is 0 Å². The second-order valence-electron chi connectivity index (χ2n) is 3.05. The third kappa shape index (κ3) is 4.26. The number of rotatable bonds is 7. The Balaban J connectivity index is 2.33. The molecule has 1 rings (SSSR count). The zero-order chi connectivity index (χ0) is 12.0. The van der Waals surface area contributed by atoms with Crippen LogP contribution in [0.5, 0.6) is 0 Å². The lowest BCUT2D eigenvalue weighted by atomic mass is 10.4. The van der Waals surface area contributed by atoms with Gasteiger partial charge in [-0.3, -0.25) is 0 Å². The van der Waals surface area contributed by atoms with Gasteiger partial charge in [0.15, 0.2) is 5.09 Å². The van der Waals surface area contributed by atoms with Crippen molar-refractivity contribution in [2.75, 3.05) is 19.0 Å². The van der Waals surface area contributed by atoms with Crippen LogP contribution in [-0.2, 0) is 4.74 Å². The molecule has 0 aliphatic carbocycles. The van der Waals surface area contributed by atoms with Crippen molar-refractivity contribution in [1.29, 1.82) is 0 Å². The summed E-state index contributed by atoms with van der Waals surface area (Å²) in [6.45, 7) is 2.69. The van der Waals surface area contributed by atoms with Gasteiger partial charge in [-0.15, -0.1) is 0 Å². The molecule has 0 saturated carbocycles. The second-order valence-corrected chi connectivity index (χ2v) is 4.07. The van der Waals surface area contributed by atoms with Gasteiger partial charge in [-0.1, -0.05) is 11.8 Å². The smallest absolute Gasteiger partial charge is 0.371 e. The average molecular weight is 246 g/mol. The number of hydrogen-bond acceptors (Lipinski definition) is 5. The van der Waals surface area contributed by atoms with Gasteiger partial charge in [0.2, 0.25) is 5.76 Å². The molecule has 0 saturated heterocycles. The molecular weight excluding hydrogens is 232 g/mol. The van der Waals surface area contributed by atoms with E-state index < -0.39 is 12.1 Å². The van der Waals surface area contributed by atoms with E-state index in [0.717, 1.165) is 0 Å². The van der Waals surface area contributed by atoms with Gasteiger partial charge >= 0.3 is 5.97 Å². The van der Waals surface area contributed by atoms with Crippen LogP contribution in [0.2, 0.25) is 0 Å². The van der Waals surface area contributed by atoms with Crippen LogP contribution < -0.4 is 0 Å². The van der Waals surface area contributed by atoms with Crippen molar-refractivity contribution in [2.45, 2.75) is 18.1 Å². The number of carboxylic acids is 1. The van der Waals surface area contributed by atoms with Gasteiger partial charge in [0.05, 0.1) is 12.7 Å². The van der Waals surface area contributed by atoms with E-state index in [1.54, 1.807) is 6.07 Å². The lowest BCUT2D eigenvalue weighted by molar-refractivity contribution is 0.0550. The van der Waals surface area contributed by atoms with E-state index in [-0.39, 0.29) is 12.4 Å². The summed E-state index contributed by atoms with van der Waals surface area (Å²) in [7, 11) is 0. The third-order valence-corrected chi connectivity index (χ3v) is 2.78. The number of carbonyl (C=O) groups is 1. The zero-order valence-electron chi connectivity index (χ0n) is 8.88. The van der Waals surface area contributed by atoms with Gasteiger partial charge < -0.3 is 19.4 Å². The summed E-state index contributed by atoms with van der Waals surface area (Å²) in [5.41, 5.74) is 0. The molecule has 5 nitrogen and oxygen atoms in total. The van der Waals surface area contributed by atoms with Crippen LogP contribution in [0.3, 0.4) is 0 Å². The molecule has 0 aliphatic heterocycles. The maximum absolute atomic E-state index is 10.5. The number of furan rings is 1. The number of carboxylic acid groups (broad SMARTS) is 1. The van der Waals surface area contributed by atoms with Crippen molar-refractivity contribution >= 4 is 17.7 Å². The van der Waals surface area contributed by atoms with Crippen LogP contribution in [0.15, 0.2) is 21.6 Å². The van der Waals surface area contributed by atoms with Crippen LogP contribution in [0.4, 0.5) is 0 Å². The van der Waals surface area contributed by atoms with E-state index in [1.807, 2.05) is 6.92 Å². The molecule has 1 aromatic rings. The number of ether oxygens (including phenoxy) is 1. The van der Waals surface area contributed by atoms with Crippen LogP contribution in [-0.4, -0.2) is 41.3 Å². The van der Waals surface area contributed by atoms with Crippen LogP contribution in [0, 0.1) is 0 Å². The van der Waals surface area contributed by atoms with E-state index in [9.17, 15) is 9.90 Å². The first-order chi connectivity index (χ1) is 7.63. The van der Waals surface area contributed by atoms with Crippen molar-refractivity contribution in [2.24, 2.45) is 0 Å². The molecule has 0 fully saturated rings. The molecule has 0 radical (unpaired) electrons. The summed E-state index contributed by atoms with van der Waals surface area (Å²) in [6, 6.07) is 2.96. The Morgan fingerprint density at radius 3 is 2.94 bits per heavy atom. The van der Waals surface area contributed by atoms with Gasteiger partial charge in [0.1, 0.15) is 0 Å². The lowest BCUT2D eigenvalue weighted by Gasteiger charge is -2.08. The summed E-state index contributed by atoms with van der Waals surface area (Å²) >= 11 is 1.26. The van der Waals surface area contributed by atoms with Crippen molar-refractivity contribution < 1.29 is 24.2 Å². The molecule has 6 heteroatoms. The monoisotopic (exact) mass is 246 g/mol. The highest BCUT2D eigenvalue weighted by atomic mass is 32.2. The fourth-order valence-corrected chi connectivity index (χ4v) is 1.76. The topological polar surface area (TPSA) is 79.9 Å². The molecule has 0 aromatic carbocycles. The molecule has 16 heavy (non-hydrogen) atoms. The average Bonchev–Trinajstić information content (AvgIpc) is 2.72. The summed E-state index contributed by atoms with van der Waals surface area (Å²) in [5, 5.41) is 18.6. The minimum absolute atomic E-state index is 0.0956. The highest BCUT2D eigenvalue weighted by molar-refractivity contribution is 7.99. The Hall–Kier alpha value is -0.980. The molecule has 1 atom stereocenters. The predicted octanol–water partition coefficient (Wildman–Crippen LogP) is 1.47. The Labute approximate surface area is 97.4 Å². The highest BCUT2D eigenvalue weighted by Gasteiger charge is 2.11. The summed E-state index contributed by atoms with van der Waals surface area (Å²) in [6.07, 6.45) is -0.580.